The van der Waals surface area contributed by atoms with Crippen LogP contribution in [0.4, 0.5) is 5.82 Å². The molecule has 5 heteroatoms. The first-order chi connectivity index (χ1) is 14.0. The molecule has 0 saturated carbocycles. The third kappa shape index (κ3) is 4.93. The molecule has 1 fully saturated rings. The number of ether oxygens (including phenoxy) is 1. The van der Waals surface area contributed by atoms with Gasteiger partial charge in [-0.25, -0.2) is 9.97 Å². The van der Waals surface area contributed by atoms with Crippen molar-refractivity contribution >= 4 is 5.82 Å². The molecular weight excluding hydrogens is 360 g/mol. The molecule has 3 aromatic rings. The van der Waals surface area contributed by atoms with Crippen LogP contribution < -0.4 is 10.1 Å². The summed E-state index contributed by atoms with van der Waals surface area (Å²) >= 11 is 0. The van der Waals surface area contributed by atoms with Gasteiger partial charge < -0.3 is 10.1 Å². The first-order valence-corrected chi connectivity index (χ1v) is 10.1. The minimum absolute atomic E-state index is 0.205. The molecule has 5 nitrogen and oxygen atoms in total. The SMILES string of the molecule is CC(C)(C)N1CCC(Nc2cc(-c3ccc(Oc4ccccc4)cc3)ncn2)C1. The Kier molecular flexibility index (Phi) is 5.49. The fraction of sp³-hybridized carbons (Fsp3) is 0.333. The lowest BCUT2D eigenvalue weighted by molar-refractivity contribution is 0.174. The highest BCUT2D eigenvalue weighted by Gasteiger charge is 2.30. The first-order valence-electron chi connectivity index (χ1n) is 10.1. The van der Waals surface area contributed by atoms with Crippen LogP contribution in [0.15, 0.2) is 67.0 Å². The van der Waals surface area contributed by atoms with Gasteiger partial charge in [0.05, 0.1) is 5.69 Å². The maximum atomic E-state index is 5.87. The van der Waals surface area contributed by atoms with Crippen LogP contribution in [0.2, 0.25) is 0 Å². The van der Waals surface area contributed by atoms with E-state index in [-0.39, 0.29) is 5.54 Å². The normalized spacial score (nSPS) is 17.3. The van der Waals surface area contributed by atoms with Crippen LogP contribution in [-0.4, -0.2) is 39.5 Å². The predicted octanol–water partition coefficient (Wildman–Crippen LogP) is 5.22. The molecule has 0 aliphatic carbocycles. The Bertz CT molecular complexity index is 935. The van der Waals surface area contributed by atoms with Crippen LogP contribution in [0.3, 0.4) is 0 Å². The van der Waals surface area contributed by atoms with E-state index >= 15 is 0 Å². The van der Waals surface area contributed by atoms with Crippen molar-refractivity contribution in [2.75, 3.05) is 18.4 Å². The summed E-state index contributed by atoms with van der Waals surface area (Å²) in [7, 11) is 0. The van der Waals surface area contributed by atoms with Crippen molar-refractivity contribution in [3.8, 4) is 22.8 Å². The van der Waals surface area contributed by atoms with Gasteiger partial charge in [0.25, 0.3) is 0 Å². The number of hydrogen-bond acceptors (Lipinski definition) is 5. The van der Waals surface area contributed by atoms with Crippen LogP contribution >= 0.6 is 0 Å². The summed E-state index contributed by atoms with van der Waals surface area (Å²) in [6.45, 7) is 8.95. The second-order valence-corrected chi connectivity index (χ2v) is 8.47. The minimum Gasteiger partial charge on any atom is -0.457 e. The largest absolute Gasteiger partial charge is 0.457 e. The standard InChI is InChI=1S/C24H28N4O/c1-24(2,3)28-14-13-19(16-28)27-23-15-22(25-17-26-23)18-9-11-21(12-10-18)29-20-7-5-4-6-8-20/h4-12,15,17,19H,13-14,16H2,1-3H3,(H,25,26,27). The van der Waals surface area contributed by atoms with Gasteiger partial charge in [-0.15, -0.1) is 0 Å². The Morgan fingerprint density at radius 3 is 2.38 bits per heavy atom. The van der Waals surface area contributed by atoms with Gasteiger partial charge in [0, 0.05) is 36.3 Å². The molecule has 29 heavy (non-hydrogen) atoms. The molecule has 1 atom stereocenters. The highest BCUT2D eigenvalue weighted by molar-refractivity contribution is 5.63. The third-order valence-corrected chi connectivity index (χ3v) is 5.29. The van der Waals surface area contributed by atoms with Crippen molar-refractivity contribution in [3.63, 3.8) is 0 Å². The van der Waals surface area contributed by atoms with Gasteiger partial charge >= 0.3 is 0 Å². The molecule has 1 aliphatic heterocycles. The highest BCUT2D eigenvalue weighted by atomic mass is 16.5. The lowest BCUT2D eigenvalue weighted by Crippen LogP contribution is -2.40. The molecule has 0 spiro atoms. The zero-order chi connectivity index (χ0) is 20.3. The molecule has 1 aliphatic rings. The van der Waals surface area contributed by atoms with Gasteiger partial charge in [-0.1, -0.05) is 18.2 Å². The molecule has 4 rings (SSSR count). The fourth-order valence-electron chi connectivity index (χ4n) is 3.61. The Morgan fingerprint density at radius 1 is 0.966 bits per heavy atom. The monoisotopic (exact) mass is 388 g/mol. The van der Waals surface area contributed by atoms with Gasteiger partial charge in [0.2, 0.25) is 0 Å². The smallest absolute Gasteiger partial charge is 0.130 e. The second kappa shape index (κ2) is 8.21. The van der Waals surface area contributed by atoms with E-state index < -0.39 is 0 Å². The van der Waals surface area contributed by atoms with E-state index in [1.807, 2.05) is 60.7 Å². The van der Waals surface area contributed by atoms with E-state index in [2.05, 4.69) is 41.0 Å². The number of nitrogens with zero attached hydrogens (tertiary/aromatic N) is 3. The molecule has 2 aromatic carbocycles. The zero-order valence-corrected chi connectivity index (χ0v) is 17.3. The molecule has 1 N–H and O–H groups in total. The van der Waals surface area contributed by atoms with Crippen molar-refractivity contribution in [3.05, 3.63) is 67.0 Å². The number of aromatic nitrogens is 2. The van der Waals surface area contributed by atoms with Crippen LogP contribution in [0, 0.1) is 0 Å². The van der Waals surface area contributed by atoms with E-state index in [4.69, 9.17) is 4.74 Å². The lowest BCUT2D eigenvalue weighted by Gasteiger charge is -2.31. The predicted molar refractivity (Wildman–Crippen MR) is 117 cm³/mol. The summed E-state index contributed by atoms with van der Waals surface area (Å²) in [4.78, 5) is 11.4. The summed E-state index contributed by atoms with van der Waals surface area (Å²) in [6.07, 6.45) is 2.75. The summed E-state index contributed by atoms with van der Waals surface area (Å²) in [5.74, 6) is 2.51. The van der Waals surface area contributed by atoms with Gasteiger partial charge in [-0.05, 0) is 63.6 Å². The van der Waals surface area contributed by atoms with Crippen molar-refractivity contribution in [2.45, 2.75) is 38.8 Å². The number of hydrogen-bond donors (Lipinski definition) is 1. The Morgan fingerprint density at radius 2 is 1.69 bits per heavy atom. The Labute approximate surface area is 172 Å². The maximum Gasteiger partial charge on any atom is 0.130 e. The van der Waals surface area contributed by atoms with Crippen LogP contribution in [0.1, 0.15) is 27.2 Å². The van der Waals surface area contributed by atoms with Crippen molar-refractivity contribution in [1.82, 2.24) is 14.9 Å². The molecule has 0 amide bonds. The first kappa shape index (κ1) is 19.4. The maximum absolute atomic E-state index is 5.87. The molecular formula is C24H28N4O. The average molecular weight is 389 g/mol. The van der Waals surface area contributed by atoms with E-state index in [1.54, 1.807) is 6.33 Å². The fourth-order valence-corrected chi connectivity index (χ4v) is 3.61. The van der Waals surface area contributed by atoms with E-state index in [1.165, 1.54) is 0 Å². The second-order valence-electron chi connectivity index (χ2n) is 8.47. The molecule has 150 valence electrons. The van der Waals surface area contributed by atoms with Crippen molar-refractivity contribution in [2.24, 2.45) is 0 Å². The molecule has 1 unspecified atom stereocenters. The minimum atomic E-state index is 0.205. The Hall–Kier alpha value is -2.92. The number of rotatable bonds is 5. The topological polar surface area (TPSA) is 50.3 Å². The van der Waals surface area contributed by atoms with Gasteiger partial charge in [-0.3, -0.25) is 4.90 Å². The summed E-state index contributed by atoms with van der Waals surface area (Å²) < 4.78 is 5.87. The lowest BCUT2D eigenvalue weighted by atomic mass is 10.1. The number of benzene rings is 2. The van der Waals surface area contributed by atoms with Gasteiger partial charge in [0.1, 0.15) is 23.6 Å². The Balaban J connectivity index is 1.42. The number of likely N-dealkylation sites (tertiary alicyclic amines) is 1. The number of nitrogens with one attached hydrogen (secondary N) is 1. The molecule has 0 bridgehead atoms. The van der Waals surface area contributed by atoms with Crippen LogP contribution in [0.5, 0.6) is 11.5 Å². The van der Waals surface area contributed by atoms with Gasteiger partial charge in [0.15, 0.2) is 0 Å². The molecule has 2 heterocycles. The summed E-state index contributed by atoms with van der Waals surface area (Å²) in [5.41, 5.74) is 2.15. The summed E-state index contributed by atoms with van der Waals surface area (Å²) in [5, 5.41) is 3.58. The van der Waals surface area contributed by atoms with Gasteiger partial charge in [-0.2, -0.15) is 0 Å². The third-order valence-electron chi connectivity index (χ3n) is 5.29. The van der Waals surface area contributed by atoms with Crippen LogP contribution in [0.25, 0.3) is 11.3 Å². The van der Waals surface area contributed by atoms with E-state index in [9.17, 15) is 0 Å². The quantitative estimate of drug-likeness (QED) is 0.649. The number of para-hydroxylation sites is 1. The van der Waals surface area contributed by atoms with E-state index in [0.29, 0.717) is 6.04 Å². The number of anilines is 1. The molecule has 1 aromatic heterocycles. The average Bonchev–Trinajstić information content (AvgIpc) is 3.19. The van der Waals surface area contributed by atoms with Crippen molar-refractivity contribution in [1.29, 1.82) is 0 Å². The molecule has 1 saturated heterocycles. The molecule has 0 radical (unpaired) electrons. The van der Waals surface area contributed by atoms with Crippen molar-refractivity contribution < 1.29 is 4.74 Å². The summed E-state index contributed by atoms with van der Waals surface area (Å²) in [6, 6.07) is 20.2. The highest BCUT2D eigenvalue weighted by Crippen LogP contribution is 2.26. The van der Waals surface area contributed by atoms with Crippen LogP contribution in [-0.2, 0) is 0 Å². The zero-order valence-electron chi connectivity index (χ0n) is 17.3. The van der Waals surface area contributed by atoms with E-state index in [0.717, 1.165) is 48.1 Å².